The Morgan fingerprint density at radius 2 is 2.40 bits per heavy atom. The van der Waals surface area contributed by atoms with Crippen LogP contribution in [0.2, 0.25) is 0 Å². The molecular weight excluding hydrogens is 260 g/mol. The summed E-state index contributed by atoms with van der Waals surface area (Å²) in [6.07, 6.45) is 1.51. The third-order valence-corrected chi connectivity index (χ3v) is 3.33. The maximum absolute atomic E-state index is 12.1. The van der Waals surface area contributed by atoms with Gasteiger partial charge in [0.15, 0.2) is 0 Å². The molecule has 0 spiro atoms. The fraction of sp³-hybridized carbons (Fsp3) is 0.571. The normalized spacial score (nSPS) is 22.5. The first-order valence-electron chi connectivity index (χ1n) is 6.65. The number of rotatable bonds is 4. The van der Waals surface area contributed by atoms with Crippen LogP contribution in [0.1, 0.15) is 38.5 Å². The van der Waals surface area contributed by atoms with E-state index >= 15 is 0 Å². The van der Waals surface area contributed by atoms with Gasteiger partial charge in [-0.2, -0.15) is 0 Å². The minimum Gasteiger partial charge on any atom is -0.393 e. The van der Waals surface area contributed by atoms with Gasteiger partial charge in [-0.25, -0.2) is 0 Å². The van der Waals surface area contributed by atoms with Crippen LogP contribution in [0.25, 0.3) is 0 Å². The van der Waals surface area contributed by atoms with Crippen molar-refractivity contribution in [2.75, 3.05) is 11.9 Å². The molecule has 1 saturated heterocycles. The van der Waals surface area contributed by atoms with Crippen LogP contribution < -0.4 is 5.32 Å². The summed E-state index contributed by atoms with van der Waals surface area (Å²) in [5, 5.41) is 21.2. The molecule has 1 fully saturated rings. The van der Waals surface area contributed by atoms with Gasteiger partial charge in [0.2, 0.25) is 0 Å². The lowest BCUT2D eigenvalue weighted by molar-refractivity contribution is -0.129. The number of carbonyl (C=O) groups excluding carboxylic acids is 1. The van der Waals surface area contributed by atoms with Gasteiger partial charge in [0.05, 0.1) is 17.9 Å². The van der Waals surface area contributed by atoms with Crippen LogP contribution in [-0.4, -0.2) is 39.4 Å². The maximum atomic E-state index is 12.1. The standard InChI is InChI=1S/C14H20N2O4/c1-14(2)5-3-12(20-14)13(19)16-9-4-6-15-10(7-9)11(18)8-17/h4,6-7,11-12,17-18H,3,5,8H2,1-2H3,(H,15,16,19). The van der Waals surface area contributed by atoms with E-state index in [9.17, 15) is 9.90 Å². The maximum Gasteiger partial charge on any atom is 0.253 e. The molecule has 0 aromatic carbocycles. The molecular formula is C14H20N2O4. The SMILES string of the molecule is CC1(C)CCC(C(=O)Nc2ccnc(C(O)CO)c2)O1. The van der Waals surface area contributed by atoms with Crippen LogP contribution in [0.15, 0.2) is 18.3 Å². The predicted octanol–water partition coefficient (Wildman–Crippen LogP) is 1.00. The van der Waals surface area contributed by atoms with Crippen molar-refractivity contribution in [2.24, 2.45) is 0 Å². The van der Waals surface area contributed by atoms with E-state index in [0.717, 1.165) is 6.42 Å². The van der Waals surface area contributed by atoms with E-state index in [0.29, 0.717) is 17.8 Å². The van der Waals surface area contributed by atoms with E-state index in [1.54, 1.807) is 12.1 Å². The van der Waals surface area contributed by atoms with Crippen molar-refractivity contribution in [3.63, 3.8) is 0 Å². The number of aliphatic hydroxyl groups excluding tert-OH is 2. The molecule has 3 N–H and O–H groups in total. The molecule has 0 bridgehead atoms. The van der Waals surface area contributed by atoms with E-state index in [1.807, 2.05) is 13.8 Å². The number of hydrogen-bond acceptors (Lipinski definition) is 5. The molecule has 1 amide bonds. The van der Waals surface area contributed by atoms with Crippen molar-refractivity contribution in [1.82, 2.24) is 4.98 Å². The Kier molecular flexibility index (Phi) is 4.37. The third kappa shape index (κ3) is 3.53. The first-order valence-corrected chi connectivity index (χ1v) is 6.65. The summed E-state index contributed by atoms with van der Waals surface area (Å²) >= 11 is 0. The summed E-state index contributed by atoms with van der Waals surface area (Å²) in [5.74, 6) is -0.203. The van der Waals surface area contributed by atoms with Crippen LogP contribution in [-0.2, 0) is 9.53 Å². The highest BCUT2D eigenvalue weighted by Crippen LogP contribution is 2.30. The average Bonchev–Trinajstić information content (AvgIpc) is 2.78. The third-order valence-electron chi connectivity index (χ3n) is 3.33. The summed E-state index contributed by atoms with van der Waals surface area (Å²) in [6, 6.07) is 3.17. The second-order valence-electron chi connectivity index (χ2n) is 5.56. The lowest BCUT2D eigenvalue weighted by Crippen LogP contribution is -2.30. The van der Waals surface area contributed by atoms with Gasteiger partial charge in [-0.05, 0) is 38.8 Å². The average molecular weight is 280 g/mol. The number of aliphatic hydroxyl groups is 2. The molecule has 1 aromatic heterocycles. The number of anilines is 1. The van der Waals surface area contributed by atoms with E-state index < -0.39 is 18.8 Å². The van der Waals surface area contributed by atoms with Crippen LogP contribution >= 0.6 is 0 Å². The zero-order valence-electron chi connectivity index (χ0n) is 11.7. The smallest absolute Gasteiger partial charge is 0.253 e. The summed E-state index contributed by atoms with van der Waals surface area (Å²) < 4.78 is 5.66. The van der Waals surface area contributed by atoms with Gasteiger partial charge in [0.25, 0.3) is 5.91 Å². The lowest BCUT2D eigenvalue weighted by Gasteiger charge is -2.19. The Bertz CT molecular complexity index is 490. The number of nitrogens with one attached hydrogen (secondary N) is 1. The van der Waals surface area contributed by atoms with Gasteiger partial charge in [0.1, 0.15) is 12.2 Å². The highest BCUT2D eigenvalue weighted by atomic mass is 16.5. The number of ether oxygens (including phenoxy) is 1. The molecule has 2 atom stereocenters. The highest BCUT2D eigenvalue weighted by Gasteiger charge is 2.35. The summed E-state index contributed by atoms with van der Waals surface area (Å²) in [6.45, 7) is 3.51. The molecule has 1 aliphatic rings. The van der Waals surface area contributed by atoms with Gasteiger partial charge in [0, 0.05) is 11.9 Å². The van der Waals surface area contributed by atoms with Crippen molar-refractivity contribution in [1.29, 1.82) is 0 Å². The number of nitrogens with zero attached hydrogens (tertiary/aromatic N) is 1. The molecule has 0 aliphatic carbocycles. The molecule has 2 rings (SSSR count). The van der Waals surface area contributed by atoms with Crippen LogP contribution in [0.5, 0.6) is 0 Å². The zero-order valence-corrected chi connectivity index (χ0v) is 11.7. The number of aromatic nitrogens is 1. The Morgan fingerprint density at radius 3 is 3.00 bits per heavy atom. The van der Waals surface area contributed by atoms with Crippen molar-refractivity contribution >= 4 is 11.6 Å². The molecule has 20 heavy (non-hydrogen) atoms. The molecule has 1 aromatic rings. The summed E-state index contributed by atoms with van der Waals surface area (Å²) in [7, 11) is 0. The van der Waals surface area contributed by atoms with Gasteiger partial charge in [-0.15, -0.1) is 0 Å². The van der Waals surface area contributed by atoms with Crippen molar-refractivity contribution < 1.29 is 19.7 Å². The predicted molar refractivity (Wildman–Crippen MR) is 73.1 cm³/mol. The molecule has 0 saturated carbocycles. The lowest BCUT2D eigenvalue weighted by atomic mass is 10.1. The molecule has 6 nitrogen and oxygen atoms in total. The van der Waals surface area contributed by atoms with Crippen molar-refractivity contribution in [3.05, 3.63) is 24.0 Å². The zero-order chi connectivity index (χ0) is 14.8. The molecule has 110 valence electrons. The van der Waals surface area contributed by atoms with Crippen LogP contribution in [0.4, 0.5) is 5.69 Å². The fourth-order valence-corrected chi connectivity index (χ4v) is 2.19. The highest BCUT2D eigenvalue weighted by molar-refractivity contribution is 5.94. The minimum absolute atomic E-state index is 0.203. The first kappa shape index (κ1) is 14.9. The van der Waals surface area contributed by atoms with Crippen molar-refractivity contribution in [2.45, 2.75) is 44.5 Å². The van der Waals surface area contributed by atoms with E-state index in [2.05, 4.69) is 10.3 Å². The monoisotopic (exact) mass is 280 g/mol. The summed E-state index contributed by atoms with van der Waals surface area (Å²) in [5.41, 5.74) is 0.581. The van der Waals surface area contributed by atoms with E-state index in [1.165, 1.54) is 6.20 Å². The Morgan fingerprint density at radius 1 is 1.65 bits per heavy atom. The van der Waals surface area contributed by atoms with Crippen LogP contribution in [0, 0.1) is 0 Å². The Hall–Kier alpha value is -1.50. The quantitative estimate of drug-likeness (QED) is 0.765. The second-order valence-corrected chi connectivity index (χ2v) is 5.56. The molecule has 6 heteroatoms. The Labute approximate surface area is 117 Å². The number of hydrogen-bond donors (Lipinski definition) is 3. The molecule has 1 aliphatic heterocycles. The Balaban J connectivity index is 2.01. The van der Waals surface area contributed by atoms with Gasteiger partial charge in [-0.3, -0.25) is 9.78 Å². The minimum atomic E-state index is -1.05. The van der Waals surface area contributed by atoms with E-state index in [-0.39, 0.29) is 11.5 Å². The molecule has 2 unspecified atom stereocenters. The number of amides is 1. The fourth-order valence-electron chi connectivity index (χ4n) is 2.19. The topological polar surface area (TPSA) is 91.7 Å². The van der Waals surface area contributed by atoms with E-state index in [4.69, 9.17) is 9.84 Å². The van der Waals surface area contributed by atoms with Crippen molar-refractivity contribution in [3.8, 4) is 0 Å². The number of pyridine rings is 1. The largest absolute Gasteiger partial charge is 0.393 e. The second kappa shape index (κ2) is 5.87. The van der Waals surface area contributed by atoms with Gasteiger partial charge < -0.3 is 20.3 Å². The van der Waals surface area contributed by atoms with Gasteiger partial charge in [-0.1, -0.05) is 0 Å². The number of carbonyl (C=O) groups is 1. The summed E-state index contributed by atoms with van der Waals surface area (Å²) in [4.78, 5) is 16.0. The van der Waals surface area contributed by atoms with Crippen LogP contribution in [0.3, 0.4) is 0 Å². The van der Waals surface area contributed by atoms with Gasteiger partial charge >= 0.3 is 0 Å². The molecule has 0 radical (unpaired) electrons. The first-order chi connectivity index (χ1) is 9.41. The molecule has 2 heterocycles.